The molecule has 0 radical (unpaired) electrons. The van der Waals surface area contributed by atoms with Crippen LogP contribution in [-0.4, -0.2) is 44.6 Å². The SMILES string of the molecule is O=C(NCc1c(F)cc(F)cc1F)c1c2n3c(c(O)c1=O)C(=O)N1CCCC[C@@]3(C[C@H]2O)C1. The number of carbonyl (C=O) groups excluding carboxylic acids is 2. The van der Waals surface area contributed by atoms with E-state index in [-0.39, 0.29) is 24.4 Å². The molecule has 0 unspecified atom stereocenters. The standard InChI is InChI=1S/C22H20F3N3O5/c23-10-5-12(24)11(13(25)6-10)8-26-20(32)15-16-14(29)7-22-3-1-2-4-27(9-22)21(33)17(28(16)22)19(31)18(15)30/h5-6,14,29,31H,1-4,7-9H2,(H,26,32)/t14-,22-/m1/s1. The van der Waals surface area contributed by atoms with Crippen LogP contribution in [0.1, 0.15) is 63.9 Å². The van der Waals surface area contributed by atoms with E-state index < -0.39 is 69.8 Å². The van der Waals surface area contributed by atoms with Gasteiger partial charge in [0, 0.05) is 43.8 Å². The molecule has 1 aromatic carbocycles. The van der Waals surface area contributed by atoms with Gasteiger partial charge in [0.05, 0.1) is 17.3 Å². The number of benzene rings is 1. The number of halogens is 3. The van der Waals surface area contributed by atoms with E-state index in [0.717, 1.165) is 12.8 Å². The third-order valence-corrected chi connectivity index (χ3v) is 6.80. The van der Waals surface area contributed by atoms with Gasteiger partial charge in [-0.3, -0.25) is 14.4 Å². The lowest BCUT2D eigenvalue weighted by Gasteiger charge is -2.41. The highest BCUT2D eigenvalue weighted by Crippen LogP contribution is 2.49. The van der Waals surface area contributed by atoms with E-state index in [1.165, 1.54) is 4.57 Å². The first kappa shape index (κ1) is 21.5. The Morgan fingerprint density at radius 1 is 1.18 bits per heavy atom. The van der Waals surface area contributed by atoms with E-state index in [2.05, 4.69) is 5.32 Å². The lowest BCUT2D eigenvalue weighted by Crippen LogP contribution is -2.52. The monoisotopic (exact) mass is 463 g/mol. The van der Waals surface area contributed by atoms with Gasteiger partial charge in [0.15, 0.2) is 11.4 Å². The Labute approximate surface area is 185 Å². The Morgan fingerprint density at radius 3 is 2.58 bits per heavy atom. The summed E-state index contributed by atoms with van der Waals surface area (Å²) in [6.07, 6.45) is 0.924. The summed E-state index contributed by atoms with van der Waals surface area (Å²) in [5.74, 6) is -6.10. The minimum atomic E-state index is -1.26. The molecule has 33 heavy (non-hydrogen) atoms. The zero-order valence-electron chi connectivity index (χ0n) is 17.3. The molecular formula is C22H20F3N3O5. The zero-order valence-corrected chi connectivity index (χ0v) is 17.3. The van der Waals surface area contributed by atoms with Gasteiger partial charge in [-0.25, -0.2) is 13.2 Å². The van der Waals surface area contributed by atoms with E-state index in [1.807, 2.05) is 0 Å². The summed E-state index contributed by atoms with van der Waals surface area (Å²) < 4.78 is 42.5. The number of aliphatic hydroxyl groups excluding tert-OH is 1. The molecule has 11 heteroatoms. The highest BCUT2D eigenvalue weighted by molar-refractivity contribution is 6.00. The average molecular weight is 463 g/mol. The van der Waals surface area contributed by atoms with Gasteiger partial charge in [-0.05, 0) is 19.3 Å². The van der Waals surface area contributed by atoms with E-state index in [0.29, 0.717) is 25.1 Å². The van der Waals surface area contributed by atoms with E-state index in [4.69, 9.17) is 0 Å². The molecule has 0 aliphatic carbocycles. The number of amides is 2. The lowest BCUT2D eigenvalue weighted by atomic mass is 9.88. The van der Waals surface area contributed by atoms with Crippen LogP contribution < -0.4 is 10.7 Å². The number of carbonyl (C=O) groups is 2. The number of nitrogens with zero attached hydrogens (tertiary/aromatic N) is 2. The third kappa shape index (κ3) is 3.05. The van der Waals surface area contributed by atoms with Crippen molar-refractivity contribution in [2.75, 3.05) is 13.1 Å². The molecule has 1 aromatic heterocycles. The summed E-state index contributed by atoms with van der Waals surface area (Å²) in [7, 11) is 0. The molecule has 174 valence electrons. The van der Waals surface area contributed by atoms with Gasteiger partial charge in [-0.1, -0.05) is 0 Å². The maximum absolute atomic E-state index is 13.9. The number of nitrogens with one attached hydrogen (secondary N) is 1. The molecule has 8 nitrogen and oxygen atoms in total. The van der Waals surface area contributed by atoms with Crippen molar-refractivity contribution >= 4 is 11.8 Å². The molecule has 3 N–H and O–H groups in total. The Kier molecular flexibility index (Phi) is 4.78. The van der Waals surface area contributed by atoms with Crippen LogP contribution in [0.15, 0.2) is 16.9 Å². The molecule has 2 aromatic rings. The van der Waals surface area contributed by atoms with Crippen molar-refractivity contribution in [1.82, 2.24) is 14.8 Å². The van der Waals surface area contributed by atoms with Crippen molar-refractivity contribution in [3.05, 3.63) is 62.3 Å². The van der Waals surface area contributed by atoms with Gasteiger partial charge >= 0.3 is 0 Å². The van der Waals surface area contributed by atoms with Crippen molar-refractivity contribution in [2.45, 2.75) is 43.9 Å². The molecule has 3 aliphatic heterocycles. The summed E-state index contributed by atoms with van der Waals surface area (Å²) in [5.41, 5.74) is -3.49. The van der Waals surface area contributed by atoms with Crippen LogP contribution in [-0.2, 0) is 12.1 Å². The van der Waals surface area contributed by atoms with Crippen LogP contribution >= 0.6 is 0 Å². The number of hydrogen-bond acceptors (Lipinski definition) is 5. The second kappa shape index (κ2) is 7.34. The summed E-state index contributed by atoms with van der Waals surface area (Å²) in [6, 6.07) is 0.918. The molecule has 2 bridgehead atoms. The Balaban J connectivity index is 1.61. The van der Waals surface area contributed by atoms with Crippen molar-refractivity contribution in [3.63, 3.8) is 0 Å². The molecule has 5 rings (SSSR count). The van der Waals surface area contributed by atoms with Crippen molar-refractivity contribution in [2.24, 2.45) is 0 Å². The number of aliphatic hydroxyl groups is 1. The van der Waals surface area contributed by atoms with Crippen LogP contribution in [0.3, 0.4) is 0 Å². The molecular weight excluding hydrogens is 443 g/mol. The third-order valence-electron chi connectivity index (χ3n) is 6.80. The molecule has 3 aliphatic rings. The molecule has 1 saturated heterocycles. The molecule has 4 heterocycles. The fourth-order valence-electron chi connectivity index (χ4n) is 5.39. The van der Waals surface area contributed by atoms with E-state index >= 15 is 0 Å². The maximum Gasteiger partial charge on any atom is 0.274 e. The fourth-order valence-corrected chi connectivity index (χ4v) is 5.39. The predicted octanol–water partition coefficient (Wildman–Crippen LogP) is 1.67. The van der Waals surface area contributed by atoms with Crippen molar-refractivity contribution in [1.29, 1.82) is 0 Å². The number of rotatable bonds is 3. The quantitative estimate of drug-likeness (QED) is 0.641. The average Bonchev–Trinajstić information content (AvgIpc) is 2.90. The first-order chi connectivity index (χ1) is 15.6. The van der Waals surface area contributed by atoms with E-state index in [9.17, 15) is 37.8 Å². The van der Waals surface area contributed by atoms with Crippen LogP contribution in [0.5, 0.6) is 5.75 Å². The first-order valence-corrected chi connectivity index (χ1v) is 10.6. The summed E-state index contributed by atoms with van der Waals surface area (Å²) >= 11 is 0. The van der Waals surface area contributed by atoms with Crippen molar-refractivity contribution in [3.8, 4) is 5.75 Å². The molecule has 1 fully saturated rings. The Bertz CT molecular complexity index is 1250. The fraction of sp³-hybridized carbons (Fsp3) is 0.409. The van der Waals surface area contributed by atoms with Crippen LogP contribution in [0, 0.1) is 17.5 Å². The highest BCUT2D eigenvalue weighted by Gasteiger charge is 2.53. The molecule has 2 atom stereocenters. The highest BCUT2D eigenvalue weighted by atomic mass is 19.1. The number of aromatic nitrogens is 1. The number of aromatic hydroxyl groups is 1. The smallest absolute Gasteiger partial charge is 0.274 e. The van der Waals surface area contributed by atoms with Crippen LogP contribution in [0.25, 0.3) is 0 Å². The van der Waals surface area contributed by atoms with Gasteiger partial charge in [0.1, 0.15) is 23.0 Å². The molecule has 2 amide bonds. The number of fused-ring (bicyclic) bond motifs is 1. The predicted molar refractivity (Wildman–Crippen MR) is 107 cm³/mol. The van der Waals surface area contributed by atoms with Gasteiger partial charge in [-0.2, -0.15) is 0 Å². The second-order valence-electron chi connectivity index (χ2n) is 8.78. The van der Waals surface area contributed by atoms with Crippen LogP contribution in [0.2, 0.25) is 0 Å². The normalized spacial score (nSPS) is 23.3. The van der Waals surface area contributed by atoms with Gasteiger partial charge < -0.3 is 25.0 Å². The number of hydrogen-bond donors (Lipinski definition) is 3. The second-order valence-corrected chi connectivity index (χ2v) is 8.78. The molecule has 1 spiro atoms. The number of pyridine rings is 1. The Morgan fingerprint density at radius 2 is 1.88 bits per heavy atom. The Hall–Kier alpha value is -3.34. The van der Waals surface area contributed by atoms with Crippen LogP contribution in [0.4, 0.5) is 13.2 Å². The summed E-state index contributed by atoms with van der Waals surface area (Å²) in [4.78, 5) is 40.5. The lowest BCUT2D eigenvalue weighted by molar-refractivity contribution is 0.0549. The zero-order chi connectivity index (χ0) is 23.7. The topological polar surface area (TPSA) is 112 Å². The van der Waals surface area contributed by atoms with Gasteiger partial charge in [0.2, 0.25) is 5.43 Å². The van der Waals surface area contributed by atoms with E-state index in [1.54, 1.807) is 4.90 Å². The van der Waals surface area contributed by atoms with Gasteiger partial charge in [-0.15, -0.1) is 0 Å². The summed E-state index contributed by atoms with van der Waals surface area (Å²) in [5, 5.41) is 23.7. The maximum atomic E-state index is 13.9. The molecule has 0 saturated carbocycles. The minimum Gasteiger partial charge on any atom is -0.503 e. The van der Waals surface area contributed by atoms with Gasteiger partial charge in [0.25, 0.3) is 11.8 Å². The van der Waals surface area contributed by atoms with Crippen molar-refractivity contribution < 1.29 is 33.0 Å². The minimum absolute atomic E-state index is 0.0970. The summed E-state index contributed by atoms with van der Waals surface area (Å²) in [6.45, 7) is 0.0288. The largest absolute Gasteiger partial charge is 0.503 e. The first-order valence-electron chi connectivity index (χ1n) is 10.6.